The second-order valence-electron chi connectivity index (χ2n) is 18.6. The van der Waals surface area contributed by atoms with Crippen LogP contribution >= 0.6 is 0 Å². The first-order chi connectivity index (χ1) is 30.9. The molecule has 0 spiro atoms. The van der Waals surface area contributed by atoms with Crippen molar-refractivity contribution in [1.82, 2.24) is 0 Å². The lowest BCUT2D eigenvalue weighted by atomic mass is 9.87. The maximum absolute atomic E-state index is 13.4. The van der Waals surface area contributed by atoms with Crippen molar-refractivity contribution in [2.45, 2.75) is 283 Å². The summed E-state index contributed by atoms with van der Waals surface area (Å²) in [7, 11) is 0. The second kappa shape index (κ2) is 49.3. The monoisotopic (exact) mass is 883 g/mol. The van der Waals surface area contributed by atoms with Crippen molar-refractivity contribution in [3.05, 3.63) is 48.6 Å². The van der Waals surface area contributed by atoms with Gasteiger partial charge in [-0.1, -0.05) is 191 Å². The molecule has 6 nitrogen and oxygen atoms in total. The largest absolute Gasteiger partial charge is 0.394 e. The van der Waals surface area contributed by atoms with E-state index in [1.165, 1.54) is 128 Å². The van der Waals surface area contributed by atoms with Crippen LogP contribution < -0.4 is 0 Å². The van der Waals surface area contributed by atoms with Crippen LogP contribution in [0.25, 0.3) is 0 Å². The van der Waals surface area contributed by atoms with Gasteiger partial charge in [-0.25, -0.2) is 0 Å². The molecule has 0 fully saturated rings. The summed E-state index contributed by atoms with van der Waals surface area (Å²) in [6.45, 7) is 3.93. The molecule has 366 valence electrons. The van der Waals surface area contributed by atoms with Crippen molar-refractivity contribution < 1.29 is 29.7 Å². The van der Waals surface area contributed by atoms with Crippen LogP contribution in [0.15, 0.2) is 48.6 Å². The van der Waals surface area contributed by atoms with Gasteiger partial charge in [0.15, 0.2) is 5.78 Å². The average Bonchev–Trinajstić information content (AvgIpc) is 3.29. The van der Waals surface area contributed by atoms with Crippen molar-refractivity contribution in [3.63, 3.8) is 0 Å². The summed E-state index contributed by atoms with van der Waals surface area (Å²) in [6.07, 6.45) is 59.4. The van der Waals surface area contributed by atoms with Gasteiger partial charge in [0.25, 0.3) is 0 Å². The molecular formula is C57H102O6. The van der Waals surface area contributed by atoms with E-state index in [1.54, 1.807) is 0 Å². The van der Waals surface area contributed by atoms with Gasteiger partial charge in [0.2, 0.25) is 0 Å². The minimum absolute atomic E-state index is 0.191. The van der Waals surface area contributed by atoms with Crippen LogP contribution in [0.1, 0.15) is 271 Å². The molecule has 0 aromatic heterocycles. The third-order valence-corrected chi connectivity index (χ3v) is 12.5. The van der Waals surface area contributed by atoms with Crippen LogP contribution in [0.4, 0.5) is 0 Å². The van der Waals surface area contributed by atoms with E-state index in [2.05, 4.69) is 62.5 Å². The average molecular weight is 883 g/mol. The molecule has 0 aromatic rings. The Kier molecular flexibility index (Phi) is 47.6. The highest BCUT2D eigenvalue weighted by molar-refractivity contribution is 6.02. The molecule has 6 heteroatoms. The van der Waals surface area contributed by atoms with Crippen molar-refractivity contribution in [1.29, 1.82) is 0 Å². The van der Waals surface area contributed by atoms with Crippen LogP contribution in [0.3, 0.4) is 0 Å². The molecule has 0 saturated carbocycles. The van der Waals surface area contributed by atoms with Gasteiger partial charge in [0.1, 0.15) is 23.8 Å². The van der Waals surface area contributed by atoms with E-state index in [-0.39, 0.29) is 18.0 Å². The molecule has 2 unspecified atom stereocenters. The Hall–Kier alpha value is -2.15. The van der Waals surface area contributed by atoms with Crippen LogP contribution in [0, 0.1) is 5.92 Å². The lowest BCUT2D eigenvalue weighted by Crippen LogP contribution is -2.36. The minimum Gasteiger partial charge on any atom is -0.394 e. The van der Waals surface area contributed by atoms with Crippen molar-refractivity contribution >= 4 is 17.3 Å². The van der Waals surface area contributed by atoms with E-state index in [0.717, 1.165) is 96.3 Å². The fraction of sp³-hybridized carbons (Fsp3) is 0.807. The summed E-state index contributed by atoms with van der Waals surface area (Å²) in [5.41, 5.74) is 0. The standard InChI is InChI=1S/C57H102O6/c1-3-5-7-9-11-13-15-17-19-24-28-32-36-40-44-48-53(59)52(54(60)49-45-41-37-33-29-25-20-18-16-14-12-10-8-6-4-2)47-43-39-35-31-27-23-21-22-26-30-34-38-42-46-50-55(61)57(63)56(62)51-58/h17-22,27,31,52,56-58,62-63H,3-16,23-26,28-30,32-51H2,1-2H3/b19-17-,20-18-,22-21-,31-27-. The lowest BCUT2D eigenvalue weighted by Gasteiger charge is -2.15. The van der Waals surface area contributed by atoms with Crippen molar-refractivity contribution in [3.8, 4) is 0 Å². The van der Waals surface area contributed by atoms with Crippen LogP contribution in [0.2, 0.25) is 0 Å². The Morgan fingerprint density at radius 2 is 0.651 bits per heavy atom. The van der Waals surface area contributed by atoms with Gasteiger partial charge in [-0.2, -0.15) is 0 Å². The minimum atomic E-state index is -1.48. The normalized spacial score (nSPS) is 13.2. The number of allylic oxidation sites excluding steroid dienone is 8. The number of hydrogen-bond acceptors (Lipinski definition) is 6. The zero-order valence-electron chi connectivity index (χ0n) is 41.4. The maximum atomic E-state index is 13.4. The van der Waals surface area contributed by atoms with Crippen molar-refractivity contribution in [2.24, 2.45) is 5.92 Å². The first-order valence-corrected chi connectivity index (χ1v) is 27.0. The SMILES string of the molecule is CCCCCCCC/C=C\CCCCCCCC(=O)C(CCCC/C=C\C/C=C\CCCCCCCC(=O)C(O)C(O)CO)C(=O)CCCCCCC/C=C\CCCCCCCC. The van der Waals surface area contributed by atoms with E-state index in [9.17, 15) is 24.6 Å². The van der Waals surface area contributed by atoms with Gasteiger partial charge in [-0.15, -0.1) is 0 Å². The first kappa shape index (κ1) is 60.9. The number of carbonyl (C=O) groups is 3. The molecule has 0 aliphatic carbocycles. The Balaban J connectivity index is 4.43. The fourth-order valence-corrected chi connectivity index (χ4v) is 8.26. The summed E-state index contributed by atoms with van der Waals surface area (Å²) < 4.78 is 0. The smallest absolute Gasteiger partial charge is 0.164 e. The highest BCUT2D eigenvalue weighted by Crippen LogP contribution is 2.21. The quantitative estimate of drug-likeness (QED) is 0.0319. The summed E-state index contributed by atoms with van der Waals surface area (Å²) >= 11 is 0. The number of rotatable bonds is 50. The second-order valence-corrected chi connectivity index (χ2v) is 18.6. The molecule has 0 aromatic carbocycles. The topological polar surface area (TPSA) is 112 Å². The Bertz CT molecular complexity index is 1090. The molecule has 0 bridgehead atoms. The number of Topliss-reactive ketones (excluding diaryl/α,β-unsaturated/α-hetero) is 3. The van der Waals surface area contributed by atoms with E-state index in [1.807, 2.05) is 0 Å². The number of aliphatic hydroxyl groups is 3. The molecule has 3 N–H and O–H groups in total. The highest BCUT2D eigenvalue weighted by Gasteiger charge is 2.25. The molecule has 0 aliphatic heterocycles. The van der Waals surface area contributed by atoms with Crippen LogP contribution in [-0.2, 0) is 14.4 Å². The molecule has 0 rings (SSSR count). The Morgan fingerprint density at radius 3 is 1.00 bits per heavy atom. The molecule has 0 heterocycles. The molecule has 0 amide bonds. The van der Waals surface area contributed by atoms with Gasteiger partial charge in [-0.05, 0) is 109 Å². The van der Waals surface area contributed by atoms with Gasteiger partial charge in [0, 0.05) is 19.3 Å². The van der Waals surface area contributed by atoms with Gasteiger partial charge < -0.3 is 15.3 Å². The maximum Gasteiger partial charge on any atom is 0.164 e. The van der Waals surface area contributed by atoms with Crippen LogP contribution in [0.5, 0.6) is 0 Å². The van der Waals surface area contributed by atoms with E-state index in [4.69, 9.17) is 5.11 Å². The third kappa shape index (κ3) is 42.3. The first-order valence-electron chi connectivity index (χ1n) is 27.0. The molecule has 63 heavy (non-hydrogen) atoms. The highest BCUT2D eigenvalue weighted by atomic mass is 16.4. The molecule has 0 aliphatic rings. The molecule has 2 atom stereocenters. The number of hydrogen-bond donors (Lipinski definition) is 3. The van der Waals surface area contributed by atoms with Crippen molar-refractivity contribution in [2.75, 3.05) is 6.61 Å². The van der Waals surface area contributed by atoms with Gasteiger partial charge >= 0.3 is 0 Å². The number of carbonyl (C=O) groups excluding carboxylic acids is 3. The predicted octanol–water partition coefficient (Wildman–Crippen LogP) is 15.9. The summed E-state index contributed by atoms with van der Waals surface area (Å²) in [5.74, 6) is -0.431. The number of ketones is 3. The third-order valence-electron chi connectivity index (χ3n) is 12.5. The summed E-state index contributed by atoms with van der Waals surface area (Å²) in [4.78, 5) is 38.7. The molecule has 0 radical (unpaired) electrons. The van der Waals surface area contributed by atoms with Crippen LogP contribution in [-0.4, -0.2) is 51.5 Å². The lowest BCUT2D eigenvalue weighted by molar-refractivity contribution is -0.135. The Labute approximate surface area is 389 Å². The van der Waals surface area contributed by atoms with Gasteiger partial charge in [0.05, 0.1) is 12.5 Å². The molecular weight excluding hydrogens is 781 g/mol. The zero-order valence-corrected chi connectivity index (χ0v) is 41.4. The zero-order chi connectivity index (χ0) is 46.1. The van der Waals surface area contributed by atoms with E-state index in [0.29, 0.717) is 25.7 Å². The van der Waals surface area contributed by atoms with Gasteiger partial charge in [-0.3, -0.25) is 14.4 Å². The number of unbranched alkanes of at least 4 members (excludes halogenated alkanes) is 29. The summed E-state index contributed by atoms with van der Waals surface area (Å²) in [6, 6.07) is 0. The predicted molar refractivity (Wildman–Crippen MR) is 270 cm³/mol. The Morgan fingerprint density at radius 1 is 0.365 bits per heavy atom. The van der Waals surface area contributed by atoms with E-state index >= 15 is 0 Å². The van der Waals surface area contributed by atoms with E-state index < -0.39 is 30.5 Å². The molecule has 0 saturated heterocycles. The fourth-order valence-electron chi connectivity index (χ4n) is 8.26. The summed E-state index contributed by atoms with van der Waals surface area (Å²) in [5, 5.41) is 27.9. The number of aliphatic hydroxyl groups excluding tert-OH is 3.